The first-order chi connectivity index (χ1) is 11.1. The molecule has 0 spiro atoms. The van der Waals surface area contributed by atoms with Gasteiger partial charge in [0.05, 0.1) is 0 Å². The predicted octanol–water partition coefficient (Wildman–Crippen LogP) is 1.41. The highest BCUT2D eigenvalue weighted by Crippen LogP contribution is 2.41. The molecule has 2 aliphatic heterocycles. The number of hydrogen-bond acceptors (Lipinski definition) is 7. The lowest BCUT2D eigenvalue weighted by Crippen LogP contribution is -2.52. The van der Waals surface area contributed by atoms with Crippen molar-refractivity contribution in [2.45, 2.75) is 35.6 Å². The Morgan fingerprint density at radius 2 is 2.00 bits per heavy atom. The maximum absolute atomic E-state index is 11.9. The van der Waals surface area contributed by atoms with Crippen LogP contribution in [-0.4, -0.2) is 55.7 Å². The first-order valence-corrected chi connectivity index (χ1v) is 9.38. The van der Waals surface area contributed by atoms with Crippen LogP contribution in [0.4, 0.5) is 0 Å². The van der Waals surface area contributed by atoms with Crippen LogP contribution in [0.5, 0.6) is 0 Å². The van der Waals surface area contributed by atoms with Crippen molar-refractivity contribution in [3.05, 3.63) is 24.4 Å². The highest BCUT2D eigenvalue weighted by molar-refractivity contribution is 8.76. The number of carbonyl (C=O) groups is 3. The monoisotopic (exact) mass is 353 g/mol. The van der Waals surface area contributed by atoms with Crippen LogP contribution in [-0.2, 0) is 14.4 Å². The number of rotatable bonds is 5. The molecule has 0 bridgehead atoms. The molecule has 3 rings (SSSR count). The number of hydrogen-bond donors (Lipinski definition) is 1. The Bertz CT molecular complexity index is 612. The van der Waals surface area contributed by atoms with Crippen LogP contribution in [0.15, 0.2) is 29.4 Å². The van der Waals surface area contributed by atoms with Gasteiger partial charge in [-0.2, -0.15) is 5.01 Å². The third-order valence-electron chi connectivity index (χ3n) is 3.75. The average molecular weight is 353 g/mol. The summed E-state index contributed by atoms with van der Waals surface area (Å²) in [5, 5.41) is 12.6. The van der Waals surface area contributed by atoms with Gasteiger partial charge in [-0.15, -0.1) is 0 Å². The average Bonchev–Trinajstić information content (AvgIpc) is 3.09. The molecule has 2 fully saturated rings. The minimum absolute atomic E-state index is 0.155. The molecule has 3 heterocycles. The zero-order chi connectivity index (χ0) is 16.4. The summed E-state index contributed by atoms with van der Waals surface area (Å²) in [6.45, 7) is 0.384. The first kappa shape index (κ1) is 16.3. The number of nitrogens with zero attached hydrogens (tertiary/aromatic N) is 3. The summed E-state index contributed by atoms with van der Waals surface area (Å²) in [5.41, 5.74) is 0. The van der Waals surface area contributed by atoms with E-state index in [2.05, 4.69) is 4.98 Å². The normalized spacial score (nSPS) is 25.3. The number of carboxylic acids is 1. The van der Waals surface area contributed by atoms with Crippen LogP contribution in [0.1, 0.15) is 19.3 Å². The van der Waals surface area contributed by atoms with E-state index in [0.29, 0.717) is 13.0 Å². The van der Waals surface area contributed by atoms with Gasteiger partial charge in [0.1, 0.15) is 11.1 Å². The molecule has 1 unspecified atom stereocenters. The van der Waals surface area contributed by atoms with E-state index in [1.165, 1.54) is 26.6 Å². The molecular weight excluding hydrogens is 338 g/mol. The number of carbonyl (C=O) groups excluding carboxylic acids is 2. The van der Waals surface area contributed by atoms with Crippen LogP contribution in [0.25, 0.3) is 0 Å². The van der Waals surface area contributed by atoms with Crippen LogP contribution in [0, 0.1) is 0 Å². The maximum atomic E-state index is 11.9. The molecule has 7 nitrogen and oxygen atoms in total. The highest BCUT2D eigenvalue weighted by Gasteiger charge is 2.47. The molecular formula is C14H15N3O4S2. The van der Waals surface area contributed by atoms with Crippen molar-refractivity contribution < 1.29 is 19.5 Å². The van der Waals surface area contributed by atoms with Crippen molar-refractivity contribution in [3.63, 3.8) is 0 Å². The van der Waals surface area contributed by atoms with E-state index in [9.17, 15) is 19.5 Å². The van der Waals surface area contributed by atoms with Gasteiger partial charge >= 0.3 is 5.97 Å². The number of aliphatic carboxylic acids is 1. The van der Waals surface area contributed by atoms with Gasteiger partial charge in [0.15, 0.2) is 0 Å². The third-order valence-corrected chi connectivity index (χ3v) is 6.54. The first-order valence-electron chi connectivity index (χ1n) is 7.17. The van der Waals surface area contributed by atoms with E-state index in [4.69, 9.17) is 0 Å². The van der Waals surface area contributed by atoms with E-state index in [1.54, 1.807) is 6.20 Å². The Hall–Kier alpha value is -1.58. The smallest absolute Gasteiger partial charge is 0.324 e. The largest absolute Gasteiger partial charge is 0.480 e. The molecule has 2 amide bonds. The molecule has 1 aromatic heterocycles. The van der Waals surface area contributed by atoms with Crippen LogP contribution < -0.4 is 0 Å². The standard InChI is InChI=1S/C14H15N3O4S2/c18-11-4-5-12(19)17(11)16-8-6-9(13(16)14(20)21)22-23-10-3-1-2-7-15-10/h1-3,7,9,13H,4-6,8H2,(H,20,21)/t9?,13-/m0/s1. The molecule has 1 aromatic rings. The second-order valence-electron chi connectivity index (χ2n) is 5.22. The third kappa shape index (κ3) is 3.36. The highest BCUT2D eigenvalue weighted by atomic mass is 33.1. The van der Waals surface area contributed by atoms with Gasteiger partial charge in [0, 0.05) is 30.8 Å². The Morgan fingerprint density at radius 1 is 1.26 bits per heavy atom. The second-order valence-corrected chi connectivity index (χ2v) is 7.68. The number of carboxylic acid groups (broad SMARTS) is 1. The van der Waals surface area contributed by atoms with Crippen molar-refractivity contribution in [1.82, 2.24) is 15.0 Å². The van der Waals surface area contributed by atoms with Crippen LogP contribution in [0.2, 0.25) is 0 Å². The summed E-state index contributed by atoms with van der Waals surface area (Å²) in [5.74, 6) is -1.65. The molecule has 23 heavy (non-hydrogen) atoms. The molecule has 0 radical (unpaired) electrons. The van der Waals surface area contributed by atoms with E-state index in [1.807, 2.05) is 18.2 Å². The molecule has 0 aromatic carbocycles. The van der Waals surface area contributed by atoms with Gasteiger partial charge in [-0.3, -0.25) is 14.4 Å². The van der Waals surface area contributed by atoms with Gasteiger partial charge in [-0.25, -0.2) is 9.99 Å². The molecule has 9 heteroatoms. The van der Waals surface area contributed by atoms with Crippen LogP contribution in [0.3, 0.4) is 0 Å². The number of aromatic nitrogens is 1. The Morgan fingerprint density at radius 3 is 2.61 bits per heavy atom. The summed E-state index contributed by atoms with van der Waals surface area (Å²) in [7, 11) is 2.83. The van der Waals surface area contributed by atoms with Crippen molar-refractivity contribution >= 4 is 39.4 Å². The SMILES string of the molecule is O=C(O)[C@@H]1C(SSc2ccccn2)CCN1N1C(=O)CCC1=O. The lowest BCUT2D eigenvalue weighted by atomic mass is 10.2. The minimum atomic E-state index is -1.02. The van der Waals surface area contributed by atoms with Gasteiger partial charge in [0.2, 0.25) is 11.8 Å². The zero-order valence-electron chi connectivity index (χ0n) is 12.1. The van der Waals surface area contributed by atoms with Gasteiger partial charge in [0.25, 0.3) is 0 Å². The fourth-order valence-electron chi connectivity index (χ4n) is 2.72. The Labute approximate surface area is 140 Å². The summed E-state index contributed by atoms with van der Waals surface area (Å²) < 4.78 is 0. The van der Waals surface area contributed by atoms with Crippen molar-refractivity contribution in [1.29, 1.82) is 0 Å². The topological polar surface area (TPSA) is 90.8 Å². The number of imide groups is 1. The quantitative estimate of drug-likeness (QED) is 0.628. The fraction of sp³-hybridized carbons (Fsp3) is 0.429. The number of amides is 2. The summed E-state index contributed by atoms with van der Waals surface area (Å²) in [6.07, 6.45) is 2.59. The van der Waals surface area contributed by atoms with E-state index < -0.39 is 12.0 Å². The Balaban J connectivity index is 1.71. The zero-order valence-corrected chi connectivity index (χ0v) is 13.8. The fourth-order valence-corrected chi connectivity index (χ4v) is 5.31. The molecule has 1 N–H and O–H groups in total. The second kappa shape index (κ2) is 6.90. The molecule has 0 saturated carbocycles. The molecule has 2 aliphatic rings. The lowest BCUT2D eigenvalue weighted by molar-refractivity contribution is -0.164. The number of hydrazine groups is 1. The molecule has 0 aliphatic carbocycles. The minimum Gasteiger partial charge on any atom is -0.480 e. The maximum Gasteiger partial charge on any atom is 0.324 e. The van der Waals surface area contributed by atoms with E-state index >= 15 is 0 Å². The summed E-state index contributed by atoms with van der Waals surface area (Å²) >= 11 is 0. The van der Waals surface area contributed by atoms with Crippen LogP contribution >= 0.6 is 21.6 Å². The van der Waals surface area contributed by atoms with Crippen molar-refractivity contribution in [2.24, 2.45) is 0 Å². The van der Waals surface area contributed by atoms with Gasteiger partial charge < -0.3 is 5.11 Å². The van der Waals surface area contributed by atoms with Gasteiger partial charge in [-0.05, 0) is 29.3 Å². The Kier molecular flexibility index (Phi) is 4.88. The van der Waals surface area contributed by atoms with Crippen molar-refractivity contribution in [3.8, 4) is 0 Å². The molecule has 2 atom stereocenters. The van der Waals surface area contributed by atoms with E-state index in [0.717, 1.165) is 10.0 Å². The summed E-state index contributed by atoms with van der Waals surface area (Å²) in [6, 6.07) is 4.65. The lowest BCUT2D eigenvalue weighted by Gasteiger charge is -2.30. The molecule has 122 valence electrons. The molecule has 2 saturated heterocycles. The van der Waals surface area contributed by atoms with Gasteiger partial charge in [-0.1, -0.05) is 16.9 Å². The van der Waals surface area contributed by atoms with E-state index in [-0.39, 0.29) is 29.9 Å². The van der Waals surface area contributed by atoms with Crippen molar-refractivity contribution in [2.75, 3.05) is 6.54 Å². The predicted molar refractivity (Wildman–Crippen MR) is 85.3 cm³/mol. The summed E-state index contributed by atoms with van der Waals surface area (Å²) in [4.78, 5) is 39.6. The number of pyridine rings is 1.